The Bertz CT molecular complexity index is 242. The second-order valence-corrected chi connectivity index (χ2v) is 4.65. The quantitative estimate of drug-likeness (QED) is 0.713. The SMILES string of the molecule is CCC(C)(O)CN1CCOCC1CC(=O)O. The van der Waals surface area contributed by atoms with Crippen LogP contribution in [0.25, 0.3) is 0 Å². The Morgan fingerprint density at radius 3 is 2.88 bits per heavy atom. The fraction of sp³-hybridized carbons (Fsp3) is 0.909. The smallest absolute Gasteiger partial charge is 0.305 e. The van der Waals surface area contributed by atoms with Crippen LogP contribution < -0.4 is 0 Å². The zero-order valence-electron chi connectivity index (χ0n) is 9.98. The van der Waals surface area contributed by atoms with Crippen LogP contribution in [0.4, 0.5) is 0 Å². The first-order chi connectivity index (χ1) is 7.44. The molecule has 0 aromatic rings. The van der Waals surface area contributed by atoms with Gasteiger partial charge in [-0.1, -0.05) is 6.92 Å². The monoisotopic (exact) mass is 231 g/mol. The van der Waals surface area contributed by atoms with Crippen molar-refractivity contribution >= 4 is 5.97 Å². The van der Waals surface area contributed by atoms with Crippen LogP contribution in [-0.4, -0.2) is 59.0 Å². The van der Waals surface area contributed by atoms with Crippen LogP contribution in [0.1, 0.15) is 26.7 Å². The van der Waals surface area contributed by atoms with E-state index in [9.17, 15) is 9.90 Å². The molecule has 1 rings (SSSR count). The maximum absolute atomic E-state index is 10.7. The van der Waals surface area contributed by atoms with Gasteiger partial charge >= 0.3 is 5.97 Å². The van der Waals surface area contributed by atoms with Gasteiger partial charge in [-0.05, 0) is 13.3 Å². The lowest BCUT2D eigenvalue weighted by Gasteiger charge is -2.38. The summed E-state index contributed by atoms with van der Waals surface area (Å²) in [6.07, 6.45) is 0.726. The van der Waals surface area contributed by atoms with E-state index in [4.69, 9.17) is 9.84 Å². The second-order valence-electron chi connectivity index (χ2n) is 4.65. The zero-order chi connectivity index (χ0) is 12.2. The van der Waals surface area contributed by atoms with Gasteiger partial charge in [-0.3, -0.25) is 9.69 Å². The number of carboxylic acid groups (broad SMARTS) is 1. The molecule has 0 saturated carbocycles. The van der Waals surface area contributed by atoms with Crippen molar-refractivity contribution in [1.82, 2.24) is 4.90 Å². The minimum Gasteiger partial charge on any atom is -0.481 e. The molecule has 1 aliphatic rings. The van der Waals surface area contributed by atoms with Crippen LogP contribution in [0.3, 0.4) is 0 Å². The fourth-order valence-corrected chi connectivity index (χ4v) is 1.84. The molecule has 0 aromatic heterocycles. The summed E-state index contributed by atoms with van der Waals surface area (Å²) >= 11 is 0. The molecular weight excluding hydrogens is 210 g/mol. The highest BCUT2D eigenvalue weighted by Crippen LogP contribution is 2.17. The Kier molecular flexibility index (Phi) is 4.70. The largest absolute Gasteiger partial charge is 0.481 e. The average Bonchev–Trinajstić information content (AvgIpc) is 2.20. The van der Waals surface area contributed by atoms with E-state index in [-0.39, 0.29) is 12.5 Å². The molecule has 1 fully saturated rings. The van der Waals surface area contributed by atoms with Crippen LogP contribution in [-0.2, 0) is 9.53 Å². The van der Waals surface area contributed by atoms with Crippen molar-refractivity contribution in [3.63, 3.8) is 0 Å². The van der Waals surface area contributed by atoms with Crippen molar-refractivity contribution in [1.29, 1.82) is 0 Å². The van der Waals surface area contributed by atoms with Crippen molar-refractivity contribution in [2.45, 2.75) is 38.3 Å². The fourth-order valence-electron chi connectivity index (χ4n) is 1.84. The first-order valence-corrected chi connectivity index (χ1v) is 5.70. The van der Waals surface area contributed by atoms with E-state index in [2.05, 4.69) is 0 Å². The summed E-state index contributed by atoms with van der Waals surface area (Å²) in [5.74, 6) is -0.823. The van der Waals surface area contributed by atoms with Gasteiger partial charge in [0.2, 0.25) is 0 Å². The number of hydrogen-bond donors (Lipinski definition) is 2. The molecule has 1 heterocycles. The summed E-state index contributed by atoms with van der Waals surface area (Å²) in [4.78, 5) is 12.7. The molecule has 0 radical (unpaired) electrons. The van der Waals surface area contributed by atoms with Crippen molar-refractivity contribution < 1.29 is 19.7 Å². The number of nitrogens with zero attached hydrogens (tertiary/aromatic N) is 1. The maximum Gasteiger partial charge on any atom is 0.305 e. The van der Waals surface area contributed by atoms with E-state index in [1.807, 2.05) is 11.8 Å². The summed E-state index contributed by atoms with van der Waals surface area (Å²) in [6.45, 7) is 5.94. The first kappa shape index (κ1) is 13.4. The van der Waals surface area contributed by atoms with Crippen LogP contribution in [0.2, 0.25) is 0 Å². The molecule has 2 unspecified atom stereocenters. The highest BCUT2D eigenvalue weighted by Gasteiger charge is 2.30. The summed E-state index contributed by atoms with van der Waals surface area (Å²) in [7, 11) is 0. The van der Waals surface area contributed by atoms with Crippen molar-refractivity contribution in [2.75, 3.05) is 26.3 Å². The van der Waals surface area contributed by atoms with Crippen molar-refractivity contribution in [2.24, 2.45) is 0 Å². The van der Waals surface area contributed by atoms with Crippen LogP contribution in [0.5, 0.6) is 0 Å². The lowest BCUT2D eigenvalue weighted by atomic mass is 10.0. The van der Waals surface area contributed by atoms with Crippen LogP contribution >= 0.6 is 0 Å². The Labute approximate surface area is 96.0 Å². The minimum atomic E-state index is -0.823. The molecule has 0 amide bonds. The summed E-state index contributed by atoms with van der Waals surface area (Å²) < 4.78 is 5.27. The van der Waals surface area contributed by atoms with E-state index in [1.54, 1.807) is 6.92 Å². The second kappa shape index (κ2) is 5.61. The van der Waals surface area contributed by atoms with Gasteiger partial charge in [0, 0.05) is 19.1 Å². The number of aliphatic hydroxyl groups is 1. The molecule has 5 heteroatoms. The third-order valence-corrected chi connectivity index (χ3v) is 3.07. The number of carbonyl (C=O) groups is 1. The molecule has 1 saturated heterocycles. The van der Waals surface area contributed by atoms with Gasteiger partial charge in [0.15, 0.2) is 0 Å². The number of β-amino-alcohol motifs (C(OH)–C–C–N with tert-alkyl or cyclic N) is 1. The summed E-state index contributed by atoms with van der Waals surface area (Å²) in [5.41, 5.74) is -0.756. The maximum atomic E-state index is 10.7. The molecule has 16 heavy (non-hydrogen) atoms. The Morgan fingerprint density at radius 2 is 2.31 bits per heavy atom. The minimum absolute atomic E-state index is 0.0692. The standard InChI is InChI=1S/C11H21NO4/c1-3-11(2,15)8-12-4-5-16-7-9(12)6-10(13)14/h9,15H,3-8H2,1-2H3,(H,13,14). The molecule has 0 spiro atoms. The highest BCUT2D eigenvalue weighted by atomic mass is 16.5. The van der Waals surface area contributed by atoms with Crippen LogP contribution in [0.15, 0.2) is 0 Å². The van der Waals surface area contributed by atoms with Crippen LogP contribution in [0, 0.1) is 0 Å². The number of ether oxygens (including phenoxy) is 1. The normalized spacial score (nSPS) is 26.3. The predicted octanol–water partition coefficient (Wildman–Crippen LogP) is 0.323. The van der Waals surface area contributed by atoms with Gasteiger partial charge in [-0.25, -0.2) is 0 Å². The van der Waals surface area contributed by atoms with Crippen molar-refractivity contribution in [3.05, 3.63) is 0 Å². The van der Waals surface area contributed by atoms with E-state index in [0.29, 0.717) is 32.7 Å². The predicted molar refractivity (Wildman–Crippen MR) is 59.3 cm³/mol. The lowest BCUT2D eigenvalue weighted by molar-refractivity contribution is -0.141. The molecule has 0 aliphatic carbocycles. The number of aliphatic carboxylic acids is 1. The Morgan fingerprint density at radius 1 is 1.62 bits per heavy atom. The molecule has 0 aromatic carbocycles. The molecule has 0 bridgehead atoms. The molecule has 2 N–H and O–H groups in total. The zero-order valence-corrected chi connectivity index (χ0v) is 9.98. The van der Waals surface area contributed by atoms with Gasteiger partial charge in [0.05, 0.1) is 25.2 Å². The topological polar surface area (TPSA) is 70.0 Å². The third kappa shape index (κ3) is 4.08. The van der Waals surface area contributed by atoms with E-state index >= 15 is 0 Å². The Hall–Kier alpha value is -0.650. The first-order valence-electron chi connectivity index (χ1n) is 5.70. The average molecular weight is 231 g/mol. The summed E-state index contributed by atoms with van der Waals surface area (Å²) in [6, 6.07) is -0.121. The van der Waals surface area contributed by atoms with Gasteiger partial charge in [0.1, 0.15) is 0 Å². The van der Waals surface area contributed by atoms with E-state index in [0.717, 1.165) is 0 Å². The highest BCUT2D eigenvalue weighted by molar-refractivity contribution is 5.67. The van der Waals surface area contributed by atoms with E-state index < -0.39 is 11.6 Å². The van der Waals surface area contributed by atoms with E-state index in [1.165, 1.54) is 0 Å². The third-order valence-electron chi connectivity index (χ3n) is 3.07. The molecule has 2 atom stereocenters. The number of rotatable bonds is 5. The number of hydrogen-bond acceptors (Lipinski definition) is 4. The molecular formula is C11H21NO4. The van der Waals surface area contributed by atoms with Crippen molar-refractivity contribution in [3.8, 4) is 0 Å². The lowest BCUT2D eigenvalue weighted by Crippen LogP contribution is -2.52. The molecule has 1 aliphatic heterocycles. The Balaban J connectivity index is 2.56. The number of carboxylic acids is 1. The van der Waals surface area contributed by atoms with Gasteiger partial charge < -0.3 is 14.9 Å². The van der Waals surface area contributed by atoms with Gasteiger partial charge in [-0.2, -0.15) is 0 Å². The number of morpholine rings is 1. The van der Waals surface area contributed by atoms with Gasteiger partial charge in [0.25, 0.3) is 0 Å². The molecule has 94 valence electrons. The van der Waals surface area contributed by atoms with Gasteiger partial charge in [-0.15, -0.1) is 0 Å². The summed E-state index contributed by atoms with van der Waals surface area (Å²) in [5, 5.41) is 18.8. The molecule has 5 nitrogen and oxygen atoms in total.